The summed E-state index contributed by atoms with van der Waals surface area (Å²) in [5.41, 5.74) is 1.21. The van der Waals surface area contributed by atoms with E-state index in [1.807, 2.05) is 48.5 Å². The number of rotatable bonds is 11. The largest absolute Gasteiger partial charge is 0.485 e. The van der Waals surface area contributed by atoms with Crippen LogP contribution in [0.4, 0.5) is 0 Å². The summed E-state index contributed by atoms with van der Waals surface area (Å²) in [4.78, 5) is 0. The molecule has 2 rings (SSSR count). The predicted octanol–water partition coefficient (Wildman–Crippen LogP) is 4.23. The number of hydrogen-bond donors (Lipinski definition) is 2. The van der Waals surface area contributed by atoms with Gasteiger partial charge in [-0.1, -0.05) is 74.7 Å². The lowest BCUT2D eigenvalue weighted by molar-refractivity contribution is -0.0315. The summed E-state index contributed by atoms with van der Waals surface area (Å²) < 4.78 is 5.85. The molecule has 2 aromatic carbocycles. The van der Waals surface area contributed by atoms with Crippen LogP contribution >= 0.6 is 0 Å². The molecule has 0 aliphatic carbocycles. The second kappa shape index (κ2) is 10.9. The first-order valence-electron chi connectivity index (χ1n) is 9.29. The Balaban J connectivity index is 2.06. The zero-order valence-electron chi connectivity index (χ0n) is 15.1. The summed E-state index contributed by atoms with van der Waals surface area (Å²) in [5, 5.41) is 20.7. The van der Waals surface area contributed by atoms with Gasteiger partial charge in [0.1, 0.15) is 11.9 Å². The molecule has 0 bridgehead atoms. The van der Waals surface area contributed by atoms with Crippen molar-refractivity contribution in [2.24, 2.45) is 5.92 Å². The highest BCUT2D eigenvalue weighted by Crippen LogP contribution is 2.24. The minimum absolute atomic E-state index is 0.0646. The molecule has 0 saturated carbocycles. The van der Waals surface area contributed by atoms with Crippen LogP contribution in [0.3, 0.4) is 0 Å². The Bertz CT molecular complexity index is 570. The number of aliphatic hydroxyl groups is 2. The molecule has 0 radical (unpaired) electrons. The van der Waals surface area contributed by atoms with E-state index in [0.29, 0.717) is 5.75 Å². The zero-order valence-corrected chi connectivity index (χ0v) is 15.1. The van der Waals surface area contributed by atoms with Crippen molar-refractivity contribution in [2.75, 3.05) is 6.61 Å². The van der Waals surface area contributed by atoms with Gasteiger partial charge in [-0.2, -0.15) is 0 Å². The number of benzene rings is 2. The van der Waals surface area contributed by atoms with Crippen LogP contribution < -0.4 is 4.74 Å². The van der Waals surface area contributed by atoms with E-state index in [1.54, 1.807) is 0 Å². The molecule has 3 heteroatoms. The summed E-state index contributed by atoms with van der Waals surface area (Å²) in [6.45, 7) is 1.98. The van der Waals surface area contributed by atoms with Gasteiger partial charge in [-0.25, -0.2) is 0 Å². The standard InChI is InChI=1S/C22H30O3/c1-2-3-6-13-19(16-18-11-7-4-8-12-18)22(24)21(17-23)25-20-14-9-5-10-15-20/h4-5,7-12,14-15,19,21-24H,2-3,6,13,16-17H2,1H3. The summed E-state index contributed by atoms with van der Waals surface area (Å²) >= 11 is 0. The van der Waals surface area contributed by atoms with Crippen LogP contribution in [0.2, 0.25) is 0 Å². The minimum Gasteiger partial charge on any atom is -0.485 e. The van der Waals surface area contributed by atoms with Crippen LogP contribution in [0.1, 0.15) is 38.2 Å². The maximum absolute atomic E-state index is 10.9. The van der Waals surface area contributed by atoms with Gasteiger partial charge in [0.15, 0.2) is 0 Å². The van der Waals surface area contributed by atoms with E-state index in [1.165, 1.54) is 5.56 Å². The van der Waals surface area contributed by atoms with Gasteiger partial charge in [-0.15, -0.1) is 0 Å². The third kappa shape index (κ3) is 6.52. The molecule has 0 aliphatic heterocycles. The molecule has 2 aromatic rings. The topological polar surface area (TPSA) is 49.7 Å². The first kappa shape index (κ1) is 19.5. The maximum atomic E-state index is 10.9. The Kier molecular flexibility index (Phi) is 8.50. The van der Waals surface area contributed by atoms with Crippen LogP contribution in [0.15, 0.2) is 60.7 Å². The van der Waals surface area contributed by atoms with Gasteiger partial charge in [0.05, 0.1) is 12.7 Å². The molecule has 0 amide bonds. The number of aliphatic hydroxyl groups excluding tert-OH is 2. The van der Waals surface area contributed by atoms with E-state index in [0.717, 1.165) is 32.1 Å². The van der Waals surface area contributed by atoms with Gasteiger partial charge in [0.2, 0.25) is 0 Å². The Morgan fingerprint density at radius 1 is 0.920 bits per heavy atom. The van der Waals surface area contributed by atoms with E-state index >= 15 is 0 Å². The van der Waals surface area contributed by atoms with Crippen molar-refractivity contribution >= 4 is 0 Å². The lowest BCUT2D eigenvalue weighted by Crippen LogP contribution is -2.41. The highest BCUT2D eigenvalue weighted by molar-refractivity contribution is 5.21. The van der Waals surface area contributed by atoms with Crippen LogP contribution in [-0.4, -0.2) is 29.0 Å². The number of para-hydroxylation sites is 1. The van der Waals surface area contributed by atoms with Crippen molar-refractivity contribution in [3.05, 3.63) is 66.2 Å². The molecule has 3 nitrogen and oxygen atoms in total. The molecular formula is C22H30O3. The average Bonchev–Trinajstić information content (AvgIpc) is 2.66. The summed E-state index contributed by atoms with van der Waals surface area (Å²) in [5.74, 6) is 0.738. The maximum Gasteiger partial charge on any atom is 0.148 e. The molecular weight excluding hydrogens is 312 g/mol. The lowest BCUT2D eigenvalue weighted by atomic mass is 9.86. The Morgan fingerprint density at radius 2 is 1.56 bits per heavy atom. The van der Waals surface area contributed by atoms with Crippen molar-refractivity contribution in [1.29, 1.82) is 0 Å². The smallest absolute Gasteiger partial charge is 0.148 e. The molecule has 0 aromatic heterocycles. The quantitative estimate of drug-likeness (QED) is 0.601. The first-order valence-corrected chi connectivity index (χ1v) is 9.29. The van der Waals surface area contributed by atoms with Gasteiger partial charge in [0.25, 0.3) is 0 Å². The molecule has 0 heterocycles. The molecule has 3 unspecified atom stereocenters. The van der Waals surface area contributed by atoms with Crippen molar-refractivity contribution in [2.45, 2.75) is 51.2 Å². The minimum atomic E-state index is -0.706. The van der Waals surface area contributed by atoms with Crippen molar-refractivity contribution < 1.29 is 14.9 Å². The fourth-order valence-corrected chi connectivity index (χ4v) is 3.16. The van der Waals surface area contributed by atoms with Crippen LogP contribution in [-0.2, 0) is 6.42 Å². The molecule has 2 N–H and O–H groups in total. The highest BCUT2D eigenvalue weighted by atomic mass is 16.5. The van der Waals surface area contributed by atoms with Gasteiger partial charge in [0, 0.05) is 0 Å². The normalized spacial score (nSPS) is 14.7. The summed E-state index contributed by atoms with van der Waals surface area (Å²) in [6, 6.07) is 19.6. The van der Waals surface area contributed by atoms with Crippen LogP contribution in [0.25, 0.3) is 0 Å². The fourth-order valence-electron chi connectivity index (χ4n) is 3.16. The average molecular weight is 342 g/mol. The zero-order chi connectivity index (χ0) is 17.9. The van der Waals surface area contributed by atoms with Crippen LogP contribution in [0.5, 0.6) is 5.75 Å². The molecule has 136 valence electrons. The fraction of sp³-hybridized carbons (Fsp3) is 0.455. The van der Waals surface area contributed by atoms with Crippen molar-refractivity contribution in [3.8, 4) is 5.75 Å². The molecule has 0 fully saturated rings. The van der Waals surface area contributed by atoms with Gasteiger partial charge in [-0.05, 0) is 36.5 Å². The summed E-state index contributed by atoms with van der Waals surface area (Å²) in [7, 11) is 0. The van der Waals surface area contributed by atoms with E-state index < -0.39 is 12.2 Å². The predicted molar refractivity (Wildman–Crippen MR) is 102 cm³/mol. The molecule has 0 saturated heterocycles. The first-order chi connectivity index (χ1) is 12.2. The SMILES string of the molecule is CCCCCC(Cc1ccccc1)C(O)C(CO)Oc1ccccc1. The van der Waals surface area contributed by atoms with Crippen molar-refractivity contribution in [1.82, 2.24) is 0 Å². The lowest BCUT2D eigenvalue weighted by Gasteiger charge is -2.29. The Hall–Kier alpha value is -1.84. The van der Waals surface area contributed by atoms with Crippen LogP contribution in [0, 0.1) is 5.92 Å². The summed E-state index contributed by atoms with van der Waals surface area (Å²) in [6.07, 6.45) is 3.78. The number of unbranched alkanes of at least 4 members (excludes halogenated alkanes) is 2. The Morgan fingerprint density at radius 3 is 2.16 bits per heavy atom. The molecule has 3 atom stereocenters. The van der Waals surface area contributed by atoms with E-state index in [9.17, 15) is 10.2 Å². The third-order valence-corrected chi connectivity index (χ3v) is 4.59. The Labute approximate surface area is 151 Å². The van der Waals surface area contributed by atoms with Gasteiger partial charge >= 0.3 is 0 Å². The molecule has 0 spiro atoms. The second-order valence-electron chi connectivity index (χ2n) is 6.59. The number of ether oxygens (including phenoxy) is 1. The van der Waals surface area contributed by atoms with Crippen molar-refractivity contribution in [3.63, 3.8) is 0 Å². The molecule has 0 aliphatic rings. The van der Waals surface area contributed by atoms with Gasteiger partial charge in [-0.3, -0.25) is 0 Å². The van der Waals surface area contributed by atoms with Gasteiger partial charge < -0.3 is 14.9 Å². The molecule has 25 heavy (non-hydrogen) atoms. The highest BCUT2D eigenvalue weighted by Gasteiger charge is 2.29. The number of hydrogen-bond acceptors (Lipinski definition) is 3. The third-order valence-electron chi connectivity index (χ3n) is 4.59. The van der Waals surface area contributed by atoms with E-state index in [2.05, 4.69) is 19.1 Å². The second-order valence-corrected chi connectivity index (χ2v) is 6.59. The monoisotopic (exact) mass is 342 g/mol. The van der Waals surface area contributed by atoms with E-state index in [4.69, 9.17) is 4.74 Å². The van der Waals surface area contributed by atoms with E-state index in [-0.39, 0.29) is 12.5 Å².